The first-order chi connectivity index (χ1) is 8.42. The van der Waals surface area contributed by atoms with Crippen LogP contribution in [0.5, 0.6) is 0 Å². The zero-order chi connectivity index (χ0) is 11.5. The monoisotopic (exact) mass is 233 g/mol. The highest BCUT2D eigenvalue weighted by atomic mass is 15.2. The van der Waals surface area contributed by atoms with Gasteiger partial charge >= 0.3 is 0 Å². The van der Waals surface area contributed by atoms with Gasteiger partial charge in [-0.05, 0) is 25.7 Å². The van der Waals surface area contributed by atoms with Gasteiger partial charge in [-0.2, -0.15) is 5.10 Å². The van der Waals surface area contributed by atoms with E-state index in [-0.39, 0.29) is 0 Å². The zero-order valence-corrected chi connectivity index (χ0v) is 10.2. The second-order valence-corrected chi connectivity index (χ2v) is 4.85. The molecule has 0 bridgehead atoms. The molecule has 1 aromatic heterocycles. The molecule has 17 heavy (non-hydrogen) atoms. The zero-order valence-electron chi connectivity index (χ0n) is 10.2. The molecular formula is C12H19N5. The van der Waals surface area contributed by atoms with Crippen molar-refractivity contribution in [3.8, 4) is 0 Å². The molecule has 1 fully saturated rings. The fourth-order valence-electron chi connectivity index (χ4n) is 2.53. The maximum Gasteiger partial charge on any atom is 0.165 e. The summed E-state index contributed by atoms with van der Waals surface area (Å²) in [4.78, 5) is 7.06. The molecule has 1 aliphatic heterocycles. The molecule has 1 N–H and O–H groups in total. The molecule has 1 aliphatic carbocycles. The summed E-state index contributed by atoms with van der Waals surface area (Å²) in [5.74, 6) is 0.896. The third-order valence-electron chi connectivity index (χ3n) is 3.54. The van der Waals surface area contributed by atoms with Crippen molar-refractivity contribution in [1.82, 2.24) is 25.4 Å². The van der Waals surface area contributed by atoms with Crippen LogP contribution < -0.4 is 5.32 Å². The molecular weight excluding hydrogens is 214 g/mol. The number of nitrogens with zero attached hydrogens (tertiary/aromatic N) is 4. The van der Waals surface area contributed by atoms with E-state index in [4.69, 9.17) is 0 Å². The van der Waals surface area contributed by atoms with E-state index in [1.165, 1.54) is 18.5 Å². The van der Waals surface area contributed by atoms with Crippen LogP contribution in [0.15, 0.2) is 0 Å². The van der Waals surface area contributed by atoms with E-state index in [9.17, 15) is 0 Å². The lowest BCUT2D eigenvalue weighted by Gasteiger charge is -2.26. The number of piperazine rings is 1. The first kappa shape index (κ1) is 11.0. The molecule has 2 heterocycles. The molecule has 0 unspecified atom stereocenters. The number of hydrogen-bond acceptors (Lipinski definition) is 5. The van der Waals surface area contributed by atoms with Gasteiger partial charge in [0.15, 0.2) is 5.82 Å². The molecule has 0 amide bonds. The predicted octanol–water partition coefficient (Wildman–Crippen LogP) is 0.156. The summed E-state index contributed by atoms with van der Waals surface area (Å²) in [6, 6.07) is 0. The van der Waals surface area contributed by atoms with Gasteiger partial charge in [-0.15, -0.1) is 5.10 Å². The van der Waals surface area contributed by atoms with Gasteiger partial charge in [0.1, 0.15) is 0 Å². The van der Waals surface area contributed by atoms with Gasteiger partial charge in [0, 0.05) is 26.2 Å². The minimum Gasteiger partial charge on any atom is -0.314 e. The minimum atomic E-state index is 0.849. The molecule has 92 valence electrons. The molecule has 1 aromatic rings. The summed E-state index contributed by atoms with van der Waals surface area (Å²) < 4.78 is 0. The molecule has 2 aliphatic rings. The van der Waals surface area contributed by atoms with Crippen molar-refractivity contribution in [2.45, 2.75) is 32.2 Å². The Balaban J connectivity index is 1.70. The summed E-state index contributed by atoms with van der Waals surface area (Å²) >= 11 is 0. The number of hydrogen-bond donors (Lipinski definition) is 1. The number of fused-ring (bicyclic) bond motifs is 1. The standard InChI is InChI=1S/C12H19N5/c1-2-4-11-10(3-1)14-12(16-15-11)9-17-7-5-13-6-8-17/h13H,1-9H2. The molecule has 0 radical (unpaired) electrons. The van der Waals surface area contributed by atoms with E-state index in [0.29, 0.717) is 0 Å². The third-order valence-corrected chi connectivity index (χ3v) is 3.54. The van der Waals surface area contributed by atoms with E-state index >= 15 is 0 Å². The van der Waals surface area contributed by atoms with Gasteiger partial charge in [0.2, 0.25) is 0 Å². The highest BCUT2D eigenvalue weighted by Gasteiger charge is 2.16. The van der Waals surface area contributed by atoms with Gasteiger partial charge in [-0.1, -0.05) is 0 Å². The molecule has 5 nitrogen and oxygen atoms in total. The smallest absolute Gasteiger partial charge is 0.165 e. The maximum atomic E-state index is 4.67. The molecule has 0 spiro atoms. The van der Waals surface area contributed by atoms with Crippen molar-refractivity contribution in [1.29, 1.82) is 0 Å². The van der Waals surface area contributed by atoms with Crippen molar-refractivity contribution in [3.63, 3.8) is 0 Å². The number of aromatic nitrogens is 3. The SMILES string of the molecule is C1CCc2nc(CN3CCNCC3)nnc2C1. The van der Waals surface area contributed by atoms with Crippen molar-refractivity contribution < 1.29 is 0 Å². The van der Waals surface area contributed by atoms with Crippen molar-refractivity contribution in [2.75, 3.05) is 26.2 Å². The van der Waals surface area contributed by atoms with Crippen LogP contribution in [0.4, 0.5) is 0 Å². The third kappa shape index (κ3) is 2.61. The lowest BCUT2D eigenvalue weighted by Crippen LogP contribution is -2.43. The van der Waals surface area contributed by atoms with Crippen LogP contribution in [0.2, 0.25) is 0 Å². The van der Waals surface area contributed by atoms with E-state index in [0.717, 1.165) is 57.1 Å². The highest BCUT2D eigenvalue weighted by Crippen LogP contribution is 2.16. The lowest BCUT2D eigenvalue weighted by molar-refractivity contribution is 0.226. The average Bonchev–Trinajstić information content (AvgIpc) is 2.40. The van der Waals surface area contributed by atoms with Crippen LogP contribution >= 0.6 is 0 Å². The lowest BCUT2D eigenvalue weighted by atomic mass is 10.0. The minimum absolute atomic E-state index is 0.849. The van der Waals surface area contributed by atoms with E-state index in [1.807, 2.05) is 0 Å². The Morgan fingerprint density at radius 1 is 1.00 bits per heavy atom. The summed E-state index contributed by atoms with van der Waals surface area (Å²) in [7, 11) is 0. The van der Waals surface area contributed by atoms with Crippen LogP contribution in [0, 0.1) is 0 Å². The fourth-order valence-corrected chi connectivity index (χ4v) is 2.53. The molecule has 3 rings (SSSR count). The van der Waals surface area contributed by atoms with Crippen molar-refractivity contribution in [2.24, 2.45) is 0 Å². The van der Waals surface area contributed by atoms with Gasteiger partial charge < -0.3 is 5.32 Å². The molecule has 0 atom stereocenters. The number of aryl methyl sites for hydroxylation is 2. The molecule has 5 heteroatoms. The van der Waals surface area contributed by atoms with E-state index in [2.05, 4.69) is 25.4 Å². The Kier molecular flexibility index (Phi) is 3.29. The Labute approximate surface area is 102 Å². The van der Waals surface area contributed by atoms with Crippen LogP contribution in [-0.2, 0) is 19.4 Å². The summed E-state index contributed by atoms with van der Waals surface area (Å²) in [6.45, 7) is 5.15. The Hall–Kier alpha value is -1.07. The highest BCUT2D eigenvalue weighted by molar-refractivity contribution is 5.13. The van der Waals surface area contributed by atoms with Gasteiger partial charge in [-0.3, -0.25) is 4.90 Å². The van der Waals surface area contributed by atoms with Crippen molar-refractivity contribution in [3.05, 3.63) is 17.2 Å². The van der Waals surface area contributed by atoms with Gasteiger partial charge in [0.25, 0.3) is 0 Å². The number of nitrogens with one attached hydrogen (secondary N) is 1. The van der Waals surface area contributed by atoms with Gasteiger partial charge in [-0.25, -0.2) is 4.98 Å². The summed E-state index contributed by atoms with van der Waals surface area (Å²) in [5.41, 5.74) is 2.32. The first-order valence-electron chi connectivity index (χ1n) is 6.56. The van der Waals surface area contributed by atoms with Gasteiger partial charge in [0.05, 0.1) is 17.9 Å². The quantitative estimate of drug-likeness (QED) is 0.788. The van der Waals surface area contributed by atoms with Crippen LogP contribution in [0.1, 0.15) is 30.1 Å². The van der Waals surface area contributed by atoms with Crippen LogP contribution in [0.25, 0.3) is 0 Å². The Morgan fingerprint density at radius 2 is 1.76 bits per heavy atom. The maximum absolute atomic E-state index is 4.67. The summed E-state index contributed by atoms with van der Waals surface area (Å²) in [6.07, 6.45) is 4.63. The summed E-state index contributed by atoms with van der Waals surface area (Å²) in [5, 5.41) is 11.9. The second kappa shape index (κ2) is 5.06. The van der Waals surface area contributed by atoms with Crippen molar-refractivity contribution >= 4 is 0 Å². The van der Waals surface area contributed by atoms with Crippen LogP contribution in [-0.4, -0.2) is 46.3 Å². The molecule has 1 saturated heterocycles. The number of rotatable bonds is 2. The average molecular weight is 233 g/mol. The normalized spacial score (nSPS) is 21.2. The first-order valence-corrected chi connectivity index (χ1v) is 6.56. The molecule has 0 aromatic carbocycles. The Bertz CT molecular complexity index is 386. The predicted molar refractivity (Wildman–Crippen MR) is 64.6 cm³/mol. The Morgan fingerprint density at radius 3 is 2.59 bits per heavy atom. The second-order valence-electron chi connectivity index (χ2n) is 4.85. The topological polar surface area (TPSA) is 53.9 Å². The van der Waals surface area contributed by atoms with E-state index < -0.39 is 0 Å². The largest absolute Gasteiger partial charge is 0.314 e. The van der Waals surface area contributed by atoms with Crippen LogP contribution in [0.3, 0.4) is 0 Å². The molecule has 0 saturated carbocycles. The fraction of sp³-hybridized carbons (Fsp3) is 0.750. The van der Waals surface area contributed by atoms with E-state index in [1.54, 1.807) is 0 Å².